The predicted molar refractivity (Wildman–Crippen MR) is 76.4 cm³/mol. The van der Waals surface area contributed by atoms with Crippen LogP contribution in [-0.4, -0.2) is 62.6 Å². The number of hydrazone groups is 1. The Morgan fingerprint density at radius 3 is 2.30 bits per heavy atom. The second-order valence-electron chi connectivity index (χ2n) is 4.96. The molecule has 1 aromatic carbocycles. The molecule has 128 valence electrons. The number of likely N-dealkylation sites (N-methyl/N-ethyl adjacent to an activating group) is 1. The molecule has 0 atom stereocenters. The fraction of sp³-hybridized carbons (Fsp3) is 0.500. The summed E-state index contributed by atoms with van der Waals surface area (Å²) in [6.45, 7) is -3.00. The van der Waals surface area contributed by atoms with Crippen molar-refractivity contribution in [2.45, 2.75) is 13.2 Å². The van der Waals surface area contributed by atoms with Crippen LogP contribution in [0, 0.1) is 0 Å². The van der Waals surface area contributed by atoms with Gasteiger partial charge in [-0.1, -0.05) is 0 Å². The lowest BCUT2D eigenvalue weighted by molar-refractivity contribution is -0.0543. The van der Waals surface area contributed by atoms with Crippen LogP contribution in [0.4, 0.5) is 17.6 Å². The van der Waals surface area contributed by atoms with Gasteiger partial charge in [0, 0.05) is 37.8 Å². The minimum Gasteiger partial charge on any atom is -0.435 e. The minimum absolute atomic E-state index is 0.255. The molecule has 0 aliphatic carbocycles. The first kappa shape index (κ1) is 17.3. The molecule has 1 heterocycles. The average molecular weight is 335 g/mol. The fourth-order valence-corrected chi connectivity index (χ4v) is 2.05. The van der Waals surface area contributed by atoms with E-state index in [1.54, 1.807) is 5.01 Å². The maximum atomic E-state index is 12.5. The number of halogens is 4. The molecule has 1 saturated heterocycles. The molecular formula is C14H17F4N3O2. The molecular weight excluding hydrogens is 318 g/mol. The lowest BCUT2D eigenvalue weighted by Gasteiger charge is -2.30. The van der Waals surface area contributed by atoms with E-state index in [9.17, 15) is 17.6 Å². The van der Waals surface area contributed by atoms with Gasteiger partial charge in [-0.15, -0.1) is 0 Å². The Hall–Kier alpha value is -2.03. The summed E-state index contributed by atoms with van der Waals surface area (Å²) < 4.78 is 57.8. The molecule has 0 aromatic heterocycles. The number of nitrogens with zero attached hydrogens (tertiary/aromatic N) is 3. The second-order valence-corrected chi connectivity index (χ2v) is 4.96. The van der Waals surface area contributed by atoms with Gasteiger partial charge in [-0.25, -0.2) is 0 Å². The summed E-state index contributed by atoms with van der Waals surface area (Å²) in [5, 5.41) is 6.02. The normalized spacial score (nSPS) is 16.6. The zero-order chi connectivity index (χ0) is 16.8. The monoisotopic (exact) mass is 335 g/mol. The Morgan fingerprint density at radius 1 is 1.04 bits per heavy atom. The number of hydrogen-bond acceptors (Lipinski definition) is 5. The van der Waals surface area contributed by atoms with Gasteiger partial charge in [0.25, 0.3) is 0 Å². The van der Waals surface area contributed by atoms with Gasteiger partial charge in [-0.05, 0) is 19.2 Å². The zero-order valence-corrected chi connectivity index (χ0v) is 12.5. The minimum atomic E-state index is -3.08. The molecule has 1 fully saturated rings. The highest BCUT2D eigenvalue weighted by Gasteiger charge is 2.14. The van der Waals surface area contributed by atoms with Crippen LogP contribution in [-0.2, 0) is 0 Å². The van der Waals surface area contributed by atoms with Crippen molar-refractivity contribution in [1.82, 2.24) is 9.91 Å². The smallest absolute Gasteiger partial charge is 0.387 e. The first-order valence-corrected chi connectivity index (χ1v) is 6.95. The Balaban J connectivity index is 2.12. The lowest BCUT2D eigenvalue weighted by Crippen LogP contribution is -2.41. The molecule has 9 heteroatoms. The van der Waals surface area contributed by atoms with Crippen LogP contribution >= 0.6 is 0 Å². The molecule has 0 bridgehead atoms. The SMILES string of the molecule is CN1CCN(N=Cc2ccc(OC(F)F)cc2OC(F)F)CC1. The molecule has 23 heavy (non-hydrogen) atoms. The van der Waals surface area contributed by atoms with E-state index in [1.807, 2.05) is 7.05 Å². The molecule has 0 unspecified atom stereocenters. The standard InChI is InChI=1S/C14H17F4N3O2/c1-20-4-6-21(7-5-20)19-9-10-2-3-11(22-13(15)16)8-12(10)23-14(17)18/h2-3,8-9,13-14H,4-7H2,1H3. The highest BCUT2D eigenvalue weighted by atomic mass is 19.3. The van der Waals surface area contributed by atoms with E-state index in [4.69, 9.17) is 0 Å². The van der Waals surface area contributed by atoms with E-state index in [1.165, 1.54) is 18.3 Å². The Kier molecular flexibility index (Phi) is 6.03. The van der Waals surface area contributed by atoms with Crippen LogP contribution in [0.25, 0.3) is 0 Å². The van der Waals surface area contributed by atoms with Gasteiger partial charge < -0.3 is 14.4 Å². The van der Waals surface area contributed by atoms with Crippen LogP contribution in [0.2, 0.25) is 0 Å². The third-order valence-electron chi connectivity index (χ3n) is 3.27. The van der Waals surface area contributed by atoms with Crippen LogP contribution in [0.5, 0.6) is 11.5 Å². The Labute approximate surface area is 131 Å². The van der Waals surface area contributed by atoms with Crippen LogP contribution in [0.3, 0.4) is 0 Å². The molecule has 0 spiro atoms. The van der Waals surface area contributed by atoms with Crippen LogP contribution in [0.1, 0.15) is 5.56 Å². The average Bonchev–Trinajstić information content (AvgIpc) is 2.47. The largest absolute Gasteiger partial charge is 0.435 e. The van der Waals surface area contributed by atoms with Crippen molar-refractivity contribution < 1.29 is 27.0 Å². The fourth-order valence-electron chi connectivity index (χ4n) is 2.05. The predicted octanol–water partition coefficient (Wildman–Crippen LogP) is 2.47. The first-order chi connectivity index (χ1) is 10.9. The molecule has 5 nitrogen and oxygen atoms in total. The summed E-state index contributed by atoms with van der Waals surface area (Å²) in [6, 6.07) is 3.58. The van der Waals surface area contributed by atoms with Crippen molar-refractivity contribution in [3.63, 3.8) is 0 Å². The van der Waals surface area contributed by atoms with E-state index < -0.39 is 13.2 Å². The molecule has 1 aromatic rings. The number of hydrogen-bond donors (Lipinski definition) is 0. The van der Waals surface area contributed by atoms with Crippen molar-refractivity contribution in [3.05, 3.63) is 23.8 Å². The van der Waals surface area contributed by atoms with E-state index in [0.717, 1.165) is 19.2 Å². The number of benzene rings is 1. The van der Waals surface area contributed by atoms with Crippen molar-refractivity contribution in [2.24, 2.45) is 5.10 Å². The highest BCUT2D eigenvalue weighted by Crippen LogP contribution is 2.26. The molecule has 2 rings (SSSR count). The summed E-state index contributed by atoms with van der Waals surface area (Å²) in [7, 11) is 2.00. The van der Waals surface area contributed by atoms with E-state index >= 15 is 0 Å². The molecule has 0 N–H and O–H groups in total. The summed E-state index contributed by atoms with van der Waals surface area (Å²) in [6.07, 6.45) is 1.37. The van der Waals surface area contributed by atoms with Crippen LogP contribution < -0.4 is 9.47 Å². The van der Waals surface area contributed by atoms with Gasteiger partial charge in [0.15, 0.2) is 0 Å². The van der Waals surface area contributed by atoms with Crippen LogP contribution in [0.15, 0.2) is 23.3 Å². The number of piperazine rings is 1. The van der Waals surface area contributed by atoms with Crippen molar-refractivity contribution in [3.8, 4) is 11.5 Å². The van der Waals surface area contributed by atoms with Crippen molar-refractivity contribution in [2.75, 3.05) is 33.2 Å². The number of alkyl halides is 4. The molecule has 0 radical (unpaired) electrons. The number of ether oxygens (including phenoxy) is 2. The topological polar surface area (TPSA) is 37.3 Å². The zero-order valence-electron chi connectivity index (χ0n) is 12.5. The van der Waals surface area contributed by atoms with Crippen molar-refractivity contribution in [1.29, 1.82) is 0 Å². The third-order valence-corrected chi connectivity index (χ3v) is 3.27. The van der Waals surface area contributed by atoms with Gasteiger partial charge in [0.2, 0.25) is 0 Å². The molecule has 0 saturated carbocycles. The van der Waals surface area contributed by atoms with Gasteiger partial charge in [-0.3, -0.25) is 5.01 Å². The Morgan fingerprint density at radius 2 is 1.70 bits per heavy atom. The maximum Gasteiger partial charge on any atom is 0.387 e. The highest BCUT2D eigenvalue weighted by molar-refractivity contribution is 5.83. The van der Waals surface area contributed by atoms with Gasteiger partial charge in [0.05, 0.1) is 6.21 Å². The van der Waals surface area contributed by atoms with Gasteiger partial charge in [0.1, 0.15) is 11.5 Å². The summed E-state index contributed by atoms with van der Waals surface area (Å²) in [4.78, 5) is 2.15. The molecule has 1 aliphatic heterocycles. The second kappa shape index (κ2) is 8.00. The molecule has 0 amide bonds. The Bertz CT molecular complexity index is 535. The van der Waals surface area contributed by atoms with E-state index in [2.05, 4.69) is 19.5 Å². The number of rotatable bonds is 6. The summed E-state index contributed by atoms with van der Waals surface area (Å²) in [5.41, 5.74) is 0.255. The summed E-state index contributed by atoms with van der Waals surface area (Å²) in [5.74, 6) is -0.525. The van der Waals surface area contributed by atoms with Gasteiger partial charge in [-0.2, -0.15) is 22.7 Å². The maximum absolute atomic E-state index is 12.5. The van der Waals surface area contributed by atoms with Gasteiger partial charge >= 0.3 is 13.2 Å². The van der Waals surface area contributed by atoms with E-state index in [0.29, 0.717) is 13.1 Å². The summed E-state index contributed by atoms with van der Waals surface area (Å²) >= 11 is 0. The molecule has 1 aliphatic rings. The van der Waals surface area contributed by atoms with Crippen molar-refractivity contribution >= 4 is 6.21 Å². The quantitative estimate of drug-likeness (QED) is 0.591. The van der Waals surface area contributed by atoms with E-state index in [-0.39, 0.29) is 17.1 Å². The lowest BCUT2D eigenvalue weighted by atomic mass is 10.2. The first-order valence-electron chi connectivity index (χ1n) is 6.95. The third kappa shape index (κ3) is 5.59.